The topological polar surface area (TPSA) is 77.0 Å². The summed E-state index contributed by atoms with van der Waals surface area (Å²) in [5, 5.41) is 3.48. The molecule has 0 atom stereocenters. The number of nitrogens with one attached hydrogen (secondary N) is 1. The Hall–Kier alpha value is -1.45. The zero-order chi connectivity index (χ0) is 11.6. The van der Waals surface area contributed by atoms with Crippen LogP contribution in [-0.2, 0) is 0 Å². The lowest BCUT2D eigenvalue weighted by Crippen LogP contribution is -2.37. The highest BCUT2D eigenvalue weighted by atomic mass is 15.1. The van der Waals surface area contributed by atoms with Gasteiger partial charge in [-0.15, -0.1) is 0 Å². The van der Waals surface area contributed by atoms with Gasteiger partial charge in [-0.1, -0.05) is 19.3 Å². The van der Waals surface area contributed by atoms with Gasteiger partial charge in [0.05, 0.1) is 5.69 Å². The number of rotatable bonds is 2. The molecule has 1 fully saturated rings. The number of hydrogen-bond acceptors (Lipinski definition) is 4. The largest absolute Gasteiger partial charge is 0.396 e. The Balaban J connectivity index is 2.10. The number of nitrogen functional groups attached to an aromatic ring is 2. The van der Waals surface area contributed by atoms with Gasteiger partial charge in [0, 0.05) is 5.54 Å². The summed E-state index contributed by atoms with van der Waals surface area (Å²) in [7, 11) is 0. The fraction of sp³-hybridized carbons (Fsp3) is 0.583. The van der Waals surface area contributed by atoms with E-state index in [1.807, 2.05) is 6.07 Å². The van der Waals surface area contributed by atoms with Crippen LogP contribution in [0.5, 0.6) is 0 Å². The van der Waals surface area contributed by atoms with E-state index in [0.717, 1.165) is 5.82 Å². The minimum absolute atomic E-state index is 0.161. The fourth-order valence-corrected chi connectivity index (χ4v) is 2.32. The second-order valence-corrected chi connectivity index (χ2v) is 4.92. The SMILES string of the molecule is CC1(Nc2ccc(N)c(N)n2)CCCCC1. The Morgan fingerprint density at radius 1 is 1.19 bits per heavy atom. The molecule has 0 spiro atoms. The Kier molecular flexibility index (Phi) is 2.90. The molecule has 1 aromatic rings. The van der Waals surface area contributed by atoms with Crippen LogP contribution in [0.3, 0.4) is 0 Å². The lowest BCUT2D eigenvalue weighted by atomic mass is 9.83. The van der Waals surface area contributed by atoms with E-state index in [1.54, 1.807) is 6.07 Å². The summed E-state index contributed by atoms with van der Waals surface area (Å²) in [5.74, 6) is 1.24. The summed E-state index contributed by atoms with van der Waals surface area (Å²) in [5.41, 5.74) is 12.0. The van der Waals surface area contributed by atoms with Gasteiger partial charge in [-0.3, -0.25) is 0 Å². The van der Waals surface area contributed by atoms with Crippen molar-refractivity contribution in [3.8, 4) is 0 Å². The first kappa shape index (κ1) is 11.0. The van der Waals surface area contributed by atoms with Gasteiger partial charge in [0.25, 0.3) is 0 Å². The van der Waals surface area contributed by atoms with Crippen LogP contribution in [0.25, 0.3) is 0 Å². The molecule has 1 aliphatic carbocycles. The molecule has 0 aliphatic heterocycles. The van der Waals surface area contributed by atoms with Crippen molar-refractivity contribution in [2.45, 2.75) is 44.6 Å². The Bertz CT molecular complexity index is 369. The molecule has 2 rings (SSSR count). The molecule has 88 valence electrons. The first-order valence-electron chi connectivity index (χ1n) is 5.89. The summed E-state index contributed by atoms with van der Waals surface area (Å²) in [6, 6.07) is 3.70. The number of hydrogen-bond donors (Lipinski definition) is 3. The average Bonchev–Trinajstić information content (AvgIpc) is 2.24. The third-order valence-corrected chi connectivity index (χ3v) is 3.34. The molecular formula is C12H20N4. The normalized spacial score (nSPS) is 19.3. The first-order chi connectivity index (χ1) is 7.59. The summed E-state index contributed by atoms with van der Waals surface area (Å²) >= 11 is 0. The van der Waals surface area contributed by atoms with Crippen molar-refractivity contribution in [1.29, 1.82) is 0 Å². The van der Waals surface area contributed by atoms with Gasteiger partial charge in [0.1, 0.15) is 11.6 Å². The van der Waals surface area contributed by atoms with E-state index in [-0.39, 0.29) is 5.54 Å². The second kappa shape index (κ2) is 4.20. The van der Waals surface area contributed by atoms with Gasteiger partial charge in [0.15, 0.2) is 0 Å². The van der Waals surface area contributed by atoms with Crippen molar-refractivity contribution in [2.24, 2.45) is 0 Å². The summed E-state index contributed by atoms with van der Waals surface area (Å²) in [6.07, 6.45) is 6.30. The van der Waals surface area contributed by atoms with Gasteiger partial charge in [-0.05, 0) is 31.9 Å². The molecule has 1 aromatic heterocycles. The van der Waals surface area contributed by atoms with Gasteiger partial charge in [-0.2, -0.15) is 0 Å². The van der Waals surface area contributed by atoms with E-state index in [0.29, 0.717) is 11.5 Å². The zero-order valence-corrected chi connectivity index (χ0v) is 9.79. The van der Waals surface area contributed by atoms with Gasteiger partial charge >= 0.3 is 0 Å². The minimum atomic E-state index is 0.161. The van der Waals surface area contributed by atoms with Crippen LogP contribution in [0.4, 0.5) is 17.3 Å². The minimum Gasteiger partial charge on any atom is -0.396 e. The number of nitrogens with two attached hydrogens (primary N) is 2. The summed E-state index contributed by atoms with van der Waals surface area (Å²) in [4.78, 5) is 4.25. The van der Waals surface area contributed by atoms with E-state index < -0.39 is 0 Å². The number of pyridine rings is 1. The highest BCUT2D eigenvalue weighted by molar-refractivity contribution is 5.61. The molecule has 1 heterocycles. The third kappa shape index (κ3) is 2.38. The molecule has 1 saturated carbocycles. The number of aromatic nitrogens is 1. The highest BCUT2D eigenvalue weighted by Gasteiger charge is 2.26. The Labute approximate surface area is 96.4 Å². The van der Waals surface area contributed by atoms with Crippen LogP contribution < -0.4 is 16.8 Å². The molecule has 4 nitrogen and oxygen atoms in total. The molecule has 0 amide bonds. The predicted molar refractivity (Wildman–Crippen MR) is 68.2 cm³/mol. The van der Waals surface area contributed by atoms with Crippen molar-refractivity contribution in [1.82, 2.24) is 4.98 Å². The van der Waals surface area contributed by atoms with Crippen LogP contribution in [0.15, 0.2) is 12.1 Å². The monoisotopic (exact) mass is 220 g/mol. The van der Waals surface area contributed by atoms with Crippen LogP contribution in [-0.4, -0.2) is 10.5 Å². The van der Waals surface area contributed by atoms with Crippen LogP contribution in [0.2, 0.25) is 0 Å². The predicted octanol–water partition coefficient (Wildman–Crippen LogP) is 2.38. The smallest absolute Gasteiger partial charge is 0.149 e. The number of anilines is 3. The lowest BCUT2D eigenvalue weighted by molar-refractivity contribution is 0.348. The van der Waals surface area contributed by atoms with E-state index in [1.165, 1.54) is 32.1 Å². The fourth-order valence-electron chi connectivity index (χ4n) is 2.32. The summed E-state index contributed by atoms with van der Waals surface area (Å²) in [6.45, 7) is 2.25. The van der Waals surface area contributed by atoms with Crippen LogP contribution in [0.1, 0.15) is 39.0 Å². The van der Waals surface area contributed by atoms with Crippen molar-refractivity contribution < 1.29 is 0 Å². The lowest BCUT2D eigenvalue weighted by Gasteiger charge is -2.35. The van der Waals surface area contributed by atoms with E-state index in [9.17, 15) is 0 Å². The van der Waals surface area contributed by atoms with Gasteiger partial charge in [-0.25, -0.2) is 4.98 Å². The van der Waals surface area contributed by atoms with Crippen molar-refractivity contribution in [3.63, 3.8) is 0 Å². The maximum absolute atomic E-state index is 5.69. The summed E-state index contributed by atoms with van der Waals surface area (Å²) < 4.78 is 0. The van der Waals surface area contributed by atoms with Crippen molar-refractivity contribution in [3.05, 3.63) is 12.1 Å². The maximum atomic E-state index is 5.69. The van der Waals surface area contributed by atoms with Crippen LogP contribution >= 0.6 is 0 Å². The molecule has 0 bridgehead atoms. The second-order valence-electron chi connectivity index (χ2n) is 4.92. The first-order valence-corrected chi connectivity index (χ1v) is 5.89. The molecule has 0 aromatic carbocycles. The molecule has 0 radical (unpaired) electrons. The quantitative estimate of drug-likeness (QED) is 0.715. The highest BCUT2D eigenvalue weighted by Crippen LogP contribution is 2.31. The van der Waals surface area contributed by atoms with Crippen LogP contribution in [0, 0.1) is 0 Å². The standard InChI is InChI=1S/C12H20N4/c1-12(7-3-2-4-8-12)16-10-6-5-9(13)11(14)15-10/h5-6H,2-4,7-8,13H2,1H3,(H3,14,15,16). The van der Waals surface area contributed by atoms with Crippen molar-refractivity contribution >= 4 is 17.3 Å². The third-order valence-electron chi connectivity index (χ3n) is 3.34. The van der Waals surface area contributed by atoms with Crippen molar-refractivity contribution in [2.75, 3.05) is 16.8 Å². The molecule has 5 N–H and O–H groups in total. The zero-order valence-electron chi connectivity index (χ0n) is 9.79. The number of nitrogens with zero attached hydrogens (tertiary/aromatic N) is 1. The van der Waals surface area contributed by atoms with E-state index in [4.69, 9.17) is 11.5 Å². The molecule has 4 heteroatoms. The van der Waals surface area contributed by atoms with Gasteiger partial charge < -0.3 is 16.8 Å². The Morgan fingerprint density at radius 2 is 1.88 bits per heavy atom. The Morgan fingerprint density at radius 3 is 2.50 bits per heavy atom. The molecule has 0 saturated heterocycles. The van der Waals surface area contributed by atoms with Gasteiger partial charge in [0.2, 0.25) is 0 Å². The molecular weight excluding hydrogens is 200 g/mol. The van der Waals surface area contributed by atoms with E-state index >= 15 is 0 Å². The molecule has 0 unspecified atom stereocenters. The van der Waals surface area contributed by atoms with E-state index in [2.05, 4.69) is 17.2 Å². The molecule has 16 heavy (non-hydrogen) atoms. The molecule has 1 aliphatic rings. The maximum Gasteiger partial charge on any atom is 0.149 e. The average molecular weight is 220 g/mol.